The van der Waals surface area contributed by atoms with Gasteiger partial charge in [-0.3, -0.25) is 9.36 Å². The molecule has 0 heterocycles. The maximum Gasteiger partial charge on any atom is 0.268 e. The number of quaternary nitrogens is 1. The average Bonchev–Trinajstić information content (AvgIpc) is 3.35. The van der Waals surface area contributed by atoms with E-state index in [0.717, 1.165) is 51.4 Å². The Morgan fingerprint density at radius 3 is 1.21 bits per heavy atom. The largest absolute Gasteiger partial charge is 0.756 e. The van der Waals surface area contributed by atoms with E-state index >= 15 is 0 Å². The lowest BCUT2D eigenvalue weighted by Gasteiger charge is -2.29. The molecule has 73 heavy (non-hydrogen) atoms. The molecule has 0 rings (SSSR count). The standard InChI is InChI=1S/C64H121N2O6P/c1-6-8-10-12-14-16-18-20-22-23-24-25-26-27-28-29-30-31-32-33-34-35-36-37-38-39-40-41-42-43-44-46-48-50-52-54-56-58-64(68)65-62(61-72-73(69,70)71-60-59-66(3,4)5)63(67)57-55-53-51-49-47-45-21-19-17-15-13-11-9-7-2/h18,20,23-24,26-27,47,49,55,57,62-63,67H,6-17,19,21-22,25,28-46,48,50-54,56,58-61H2,1-5H3,(H-,65,68,69,70)/b20-18-,24-23-,27-26-,49-47+,57-55+. The van der Waals surface area contributed by atoms with E-state index in [1.165, 1.54) is 218 Å². The number of amides is 1. The summed E-state index contributed by atoms with van der Waals surface area (Å²) in [5, 5.41) is 13.8. The summed E-state index contributed by atoms with van der Waals surface area (Å²) >= 11 is 0. The average molecular weight is 1050 g/mol. The van der Waals surface area contributed by atoms with Crippen LogP contribution in [-0.2, 0) is 18.4 Å². The van der Waals surface area contributed by atoms with E-state index in [9.17, 15) is 19.4 Å². The molecule has 0 aromatic carbocycles. The summed E-state index contributed by atoms with van der Waals surface area (Å²) in [6, 6.07) is -0.903. The first kappa shape index (κ1) is 71.2. The number of hydrogen-bond donors (Lipinski definition) is 2. The van der Waals surface area contributed by atoms with Crippen molar-refractivity contribution in [2.45, 2.75) is 302 Å². The lowest BCUT2D eigenvalue weighted by atomic mass is 10.0. The highest BCUT2D eigenvalue weighted by molar-refractivity contribution is 7.45. The lowest BCUT2D eigenvalue weighted by molar-refractivity contribution is -0.870. The number of rotatable bonds is 57. The van der Waals surface area contributed by atoms with Gasteiger partial charge in [-0.1, -0.05) is 274 Å². The van der Waals surface area contributed by atoms with Crippen LogP contribution in [0.1, 0.15) is 290 Å². The van der Waals surface area contributed by atoms with Crippen molar-refractivity contribution in [3.63, 3.8) is 0 Å². The van der Waals surface area contributed by atoms with E-state index in [1.807, 2.05) is 27.2 Å². The van der Waals surface area contributed by atoms with Crippen LogP contribution in [0.25, 0.3) is 0 Å². The molecule has 1 amide bonds. The van der Waals surface area contributed by atoms with Gasteiger partial charge in [-0.15, -0.1) is 0 Å². The maximum absolute atomic E-state index is 13.0. The molecule has 0 radical (unpaired) electrons. The minimum atomic E-state index is -4.60. The quantitative estimate of drug-likeness (QED) is 0.0272. The third kappa shape index (κ3) is 57.7. The second-order valence-electron chi connectivity index (χ2n) is 22.4. The van der Waals surface area contributed by atoms with Crippen LogP contribution in [0.4, 0.5) is 0 Å². The lowest BCUT2D eigenvalue weighted by Crippen LogP contribution is -2.45. The zero-order chi connectivity index (χ0) is 53.5. The van der Waals surface area contributed by atoms with Gasteiger partial charge >= 0.3 is 0 Å². The Balaban J connectivity index is 3.96. The monoisotopic (exact) mass is 1040 g/mol. The van der Waals surface area contributed by atoms with Crippen LogP contribution in [0.15, 0.2) is 60.8 Å². The highest BCUT2D eigenvalue weighted by Crippen LogP contribution is 2.38. The van der Waals surface area contributed by atoms with Crippen LogP contribution < -0.4 is 10.2 Å². The normalized spacial score (nSPS) is 14.2. The van der Waals surface area contributed by atoms with Gasteiger partial charge in [-0.05, 0) is 70.6 Å². The van der Waals surface area contributed by atoms with Crippen molar-refractivity contribution in [1.29, 1.82) is 0 Å². The van der Waals surface area contributed by atoms with Crippen molar-refractivity contribution >= 4 is 13.7 Å². The van der Waals surface area contributed by atoms with Crippen LogP contribution in [0.3, 0.4) is 0 Å². The zero-order valence-corrected chi connectivity index (χ0v) is 49.7. The maximum atomic E-state index is 13.0. The fourth-order valence-electron chi connectivity index (χ4n) is 9.06. The van der Waals surface area contributed by atoms with E-state index in [-0.39, 0.29) is 12.5 Å². The summed E-state index contributed by atoms with van der Waals surface area (Å²) in [5.74, 6) is -0.205. The number of aliphatic hydroxyl groups excluding tert-OH is 1. The SMILES string of the molecule is CCCCCCC/C=C\C/C=C\C/C=C\CCCCCCCCCCCCCCCCCCCCCCCCC(=O)NC(COP(=O)([O-])OCC[N+](C)(C)C)C(O)/C=C/CC/C=C/CCCCCCCCCC. The molecule has 0 aliphatic rings. The van der Waals surface area contributed by atoms with Gasteiger partial charge in [0.05, 0.1) is 39.9 Å². The molecular weight excluding hydrogens is 924 g/mol. The van der Waals surface area contributed by atoms with Gasteiger partial charge in [0.25, 0.3) is 7.82 Å². The first-order chi connectivity index (χ1) is 35.5. The number of hydrogen-bond acceptors (Lipinski definition) is 6. The summed E-state index contributed by atoms with van der Waals surface area (Å²) in [4.78, 5) is 25.5. The third-order valence-electron chi connectivity index (χ3n) is 13.9. The molecule has 0 aliphatic heterocycles. The van der Waals surface area contributed by atoms with Gasteiger partial charge in [-0.2, -0.15) is 0 Å². The molecule has 0 spiro atoms. The summed E-state index contributed by atoms with van der Waals surface area (Å²) in [7, 11) is 1.25. The first-order valence-electron chi connectivity index (χ1n) is 31.2. The minimum absolute atomic E-state index is 0.00616. The van der Waals surface area contributed by atoms with Crippen molar-refractivity contribution in [3.05, 3.63) is 60.8 Å². The van der Waals surface area contributed by atoms with Crippen molar-refractivity contribution in [2.24, 2.45) is 0 Å². The molecule has 2 N–H and O–H groups in total. The Kier molecular flexibility index (Phi) is 53.6. The number of carbonyl (C=O) groups excluding carboxylic acids is 1. The molecule has 0 bridgehead atoms. The Morgan fingerprint density at radius 2 is 0.808 bits per heavy atom. The fourth-order valence-corrected chi connectivity index (χ4v) is 9.78. The smallest absolute Gasteiger partial charge is 0.268 e. The van der Waals surface area contributed by atoms with Crippen LogP contribution in [0, 0.1) is 0 Å². The van der Waals surface area contributed by atoms with Gasteiger partial charge in [0.2, 0.25) is 5.91 Å². The molecule has 0 fully saturated rings. The van der Waals surface area contributed by atoms with Crippen molar-refractivity contribution in [1.82, 2.24) is 5.32 Å². The van der Waals surface area contributed by atoms with Crippen molar-refractivity contribution in [3.8, 4) is 0 Å². The number of unbranched alkanes of at least 4 members (excludes halogenated alkanes) is 36. The van der Waals surface area contributed by atoms with Crippen LogP contribution >= 0.6 is 7.82 Å². The predicted molar refractivity (Wildman–Crippen MR) is 316 cm³/mol. The molecule has 3 atom stereocenters. The zero-order valence-electron chi connectivity index (χ0n) is 48.8. The van der Waals surface area contributed by atoms with Gasteiger partial charge in [0.15, 0.2) is 0 Å². The number of aliphatic hydroxyl groups is 1. The number of allylic oxidation sites excluding steroid dienone is 9. The number of likely N-dealkylation sites (N-methyl/N-ethyl adjacent to an activating group) is 1. The first-order valence-corrected chi connectivity index (χ1v) is 32.6. The molecule has 0 aromatic rings. The molecule has 0 aromatic heterocycles. The topological polar surface area (TPSA) is 108 Å². The molecular formula is C64H121N2O6P. The molecule has 0 aliphatic carbocycles. The number of carbonyl (C=O) groups is 1. The van der Waals surface area contributed by atoms with Gasteiger partial charge in [-0.25, -0.2) is 0 Å². The number of phosphoric acid groups is 1. The second-order valence-corrected chi connectivity index (χ2v) is 23.8. The third-order valence-corrected chi connectivity index (χ3v) is 14.9. The molecule has 428 valence electrons. The Labute approximate surface area is 453 Å². The van der Waals surface area contributed by atoms with E-state index in [4.69, 9.17) is 9.05 Å². The molecule has 9 heteroatoms. The number of nitrogens with zero attached hydrogens (tertiary/aromatic N) is 1. The second kappa shape index (κ2) is 55.0. The Bertz CT molecular complexity index is 1370. The highest BCUT2D eigenvalue weighted by Gasteiger charge is 2.23. The van der Waals surface area contributed by atoms with Crippen LogP contribution in [0.5, 0.6) is 0 Å². The predicted octanol–water partition coefficient (Wildman–Crippen LogP) is 18.6. The Morgan fingerprint density at radius 1 is 0.479 bits per heavy atom. The van der Waals surface area contributed by atoms with Crippen LogP contribution in [0.2, 0.25) is 0 Å². The Hall–Kier alpha value is -1.80. The summed E-state index contributed by atoms with van der Waals surface area (Å²) in [6.07, 6.45) is 74.7. The van der Waals surface area contributed by atoms with Gasteiger partial charge in [0, 0.05) is 6.42 Å². The highest BCUT2D eigenvalue weighted by atomic mass is 31.2. The molecule has 0 saturated heterocycles. The van der Waals surface area contributed by atoms with Gasteiger partial charge in [0.1, 0.15) is 13.2 Å². The van der Waals surface area contributed by atoms with Crippen molar-refractivity contribution in [2.75, 3.05) is 40.9 Å². The van der Waals surface area contributed by atoms with Gasteiger partial charge < -0.3 is 28.8 Å². The summed E-state index contributed by atoms with van der Waals surface area (Å²) in [5.41, 5.74) is 0. The van der Waals surface area contributed by atoms with E-state index in [2.05, 4.69) is 67.8 Å². The molecule has 8 nitrogen and oxygen atoms in total. The van der Waals surface area contributed by atoms with E-state index in [0.29, 0.717) is 17.4 Å². The fraction of sp³-hybridized carbons (Fsp3) is 0.828. The summed E-state index contributed by atoms with van der Waals surface area (Å²) in [6.45, 7) is 4.63. The number of nitrogens with one attached hydrogen (secondary N) is 1. The van der Waals surface area contributed by atoms with E-state index in [1.54, 1.807) is 6.08 Å². The van der Waals surface area contributed by atoms with E-state index < -0.39 is 26.6 Å². The summed E-state index contributed by atoms with van der Waals surface area (Å²) < 4.78 is 23.3. The minimum Gasteiger partial charge on any atom is -0.756 e. The number of phosphoric ester groups is 1. The molecule has 3 unspecified atom stereocenters. The van der Waals surface area contributed by atoms with Crippen LogP contribution in [-0.4, -0.2) is 68.5 Å². The van der Waals surface area contributed by atoms with Crippen molar-refractivity contribution < 1.29 is 32.9 Å². The molecule has 0 saturated carbocycles.